The minimum atomic E-state index is -0.235. The van der Waals surface area contributed by atoms with E-state index in [1.54, 1.807) is 26.4 Å². The zero-order valence-electron chi connectivity index (χ0n) is 12.4. The highest BCUT2D eigenvalue weighted by atomic mass is 32.2. The van der Waals surface area contributed by atoms with E-state index in [2.05, 4.69) is 4.99 Å². The molecule has 0 saturated heterocycles. The summed E-state index contributed by atoms with van der Waals surface area (Å²) in [5, 5.41) is 0.925. The summed E-state index contributed by atoms with van der Waals surface area (Å²) in [5.74, 6) is 1.19. The first-order valence-corrected chi connectivity index (χ1v) is 7.76. The lowest BCUT2D eigenvalue weighted by atomic mass is 10.0. The maximum atomic E-state index is 13.0. The lowest BCUT2D eigenvalue weighted by Gasteiger charge is -2.19. The average Bonchev–Trinajstić information content (AvgIpc) is 2.56. The van der Waals surface area contributed by atoms with E-state index >= 15 is 0 Å². The Labute approximate surface area is 133 Å². The van der Waals surface area contributed by atoms with Gasteiger partial charge in [-0.25, -0.2) is 4.39 Å². The highest BCUT2D eigenvalue weighted by Crippen LogP contribution is 2.36. The molecule has 3 nitrogen and oxygen atoms in total. The van der Waals surface area contributed by atoms with Crippen molar-refractivity contribution in [3.05, 3.63) is 53.3 Å². The Hall–Kier alpha value is -2.01. The first-order valence-electron chi connectivity index (χ1n) is 6.94. The second kappa shape index (κ2) is 6.40. The van der Waals surface area contributed by atoms with Gasteiger partial charge < -0.3 is 9.47 Å². The maximum Gasteiger partial charge on any atom is 0.161 e. The molecule has 0 fully saturated rings. The number of ether oxygens (including phenoxy) is 2. The average molecular weight is 317 g/mol. The molecule has 2 aromatic carbocycles. The molecule has 114 valence electrons. The van der Waals surface area contributed by atoms with Gasteiger partial charge in [0.15, 0.2) is 11.5 Å². The van der Waals surface area contributed by atoms with Gasteiger partial charge in [-0.3, -0.25) is 4.99 Å². The third kappa shape index (κ3) is 2.95. The summed E-state index contributed by atoms with van der Waals surface area (Å²) in [4.78, 5) is 5.57. The summed E-state index contributed by atoms with van der Waals surface area (Å²) in [7, 11) is 3.26. The molecule has 0 amide bonds. The van der Waals surface area contributed by atoms with Crippen molar-refractivity contribution in [2.75, 3.05) is 20.8 Å². The largest absolute Gasteiger partial charge is 0.493 e. The molecule has 0 bridgehead atoms. The zero-order valence-corrected chi connectivity index (χ0v) is 13.2. The highest BCUT2D eigenvalue weighted by Gasteiger charge is 2.19. The highest BCUT2D eigenvalue weighted by molar-refractivity contribution is 8.14. The Morgan fingerprint density at radius 2 is 1.73 bits per heavy atom. The molecular weight excluding hydrogens is 301 g/mol. The van der Waals surface area contributed by atoms with Gasteiger partial charge in [0.2, 0.25) is 0 Å². The predicted molar refractivity (Wildman–Crippen MR) is 86.9 cm³/mol. The Bertz CT molecular complexity index is 713. The molecule has 0 atom stereocenters. The fourth-order valence-electron chi connectivity index (χ4n) is 2.39. The predicted octanol–water partition coefficient (Wildman–Crippen LogP) is 3.94. The van der Waals surface area contributed by atoms with Crippen LogP contribution in [0.2, 0.25) is 0 Å². The number of methoxy groups -OCH3 is 2. The fourth-order valence-corrected chi connectivity index (χ4v) is 3.34. The van der Waals surface area contributed by atoms with Crippen LogP contribution in [0.3, 0.4) is 0 Å². The van der Waals surface area contributed by atoms with Crippen molar-refractivity contribution in [3.8, 4) is 11.5 Å². The van der Waals surface area contributed by atoms with Gasteiger partial charge in [-0.1, -0.05) is 11.8 Å². The van der Waals surface area contributed by atoms with E-state index in [4.69, 9.17) is 9.47 Å². The Morgan fingerprint density at radius 1 is 1.05 bits per heavy atom. The van der Waals surface area contributed by atoms with Crippen LogP contribution in [0, 0.1) is 5.82 Å². The van der Waals surface area contributed by atoms with E-state index in [1.165, 1.54) is 29.5 Å². The van der Waals surface area contributed by atoms with Crippen molar-refractivity contribution in [3.63, 3.8) is 0 Å². The molecule has 0 spiro atoms. The lowest BCUT2D eigenvalue weighted by molar-refractivity contribution is 0.354. The third-order valence-corrected chi connectivity index (χ3v) is 4.55. The van der Waals surface area contributed by atoms with Crippen LogP contribution in [-0.4, -0.2) is 25.8 Å². The summed E-state index contributed by atoms with van der Waals surface area (Å²) >= 11 is 1.54. The smallest absolute Gasteiger partial charge is 0.161 e. The van der Waals surface area contributed by atoms with Crippen LogP contribution in [0.15, 0.2) is 46.3 Å². The van der Waals surface area contributed by atoms with Crippen LogP contribution in [0.5, 0.6) is 11.5 Å². The molecule has 5 heteroatoms. The molecule has 0 radical (unpaired) electrons. The van der Waals surface area contributed by atoms with Gasteiger partial charge in [0.05, 0.1) is 14.2 Å². The summed E-state index contributed by atoms with van der Waals surface area (Å²) in [6, 6.07) is 10.4. The molecule has 0 saturated carbocycles. The third-order valence-electron chi connectivity index (χ3n) is 3.50. The van der Waals surface area contributed by atoms with Crippen molar-refractivity contribution in [2.45, 2.75) is 11.3 Å². The number of benzene rings is 2. The van der Waals surface area contributed by atoms with Gasteiger partial charge in [0, 0.05) is 17.0 Å². The van der Waals surface area contributed by atoms with Crippen molar-refractivity contribution in [2.24, 2.45) is 4.99 Å². The van der Waals surface area contributed by atoms with Crippen LogP contribution in [-0.2, 0) is 6.42 Å². The van der Waals surface area contributed by atoms with Crippen molar-refractivity contribution in [1.29, 1.82) is 0 Å². The SMILES string of the molecule is COc1cc2c(cc1OC)C(Sc1ccc(F)cc1)=NCC2. The molecular formula is C17H16FNO2S. The molecule has 1 aliphatic rings. The van der Waals surface area contributed by atoms with E-state index in [-0.39, 0.29) is 5.82 Å². The van der Waals surface area contributed by atoms with Gasteiger partial charge in [0.25, 0.3) is 0 Å². The number of thioether (sulfide) groups is 1. The second-order valence-electron chi connectivity index (χ2n) is 4.86. The Kier molecular flexibility index (Phi) is 4.34. The van der Waals surface area contributed by atoms with E-state index in [0.29, 0.717) is 5.75 Å². The minimum absolute atomic E-state index is 0.235. The maximum absolute atomic E-state index is 13.0. The molecule has 0 aliphatic carbocycles. The fraction of sp³-hybridized carbons (Fsp3) is 0.235. The standard InChI is InChI=1S/C17H16FNO2S/c1-20-15-9-11-7-8-19-17(14(11)10-16(15)21-2)22-13-5-3-12(18)4-6-13/h3-6,9-10H,7-8H2,1-2H3. The molecule has 0 N–H and O–H groups in total. The topological polar surface area (TPSA) is 30.8 Å². The van der Waals surface area contributed by atoms with Gasteiger partial charge in [0.1, 0.15) is 10.9 Å². The molecule has 3 rings (SSSR count). The van der Waals surface area contributed by atoms with E-state index < -0.39 is 0 Å². The van der Waals surface area contributed by atoms with Crippen molar-refractivity contribution >= 4 is 16.8 Å². The van der Waals surface area contributed by atoms with Crippen LogP contribution in [0.1, 0.15) is 11.1 Å². The first-order chi connectivity index (χ1) is 10.7. The number of hydrogen-bond donors (Lipinski definition) is 0. The van der Waals surface area contributed by atoms with E-state index in [1.807, 2.05) is 12.1 Å². The van der Waals surface area contributed by atoms with Crippen molar-refractivity contribution in [1.82, 2.24) is 0 Å². The monoisotopic (exact) mass is 317 g/mol. The molecule has 22 heavy (non-hydrogen) atoms. The summed E-state index contributed by atoms with van der Waals surface area (Å²) in [6.45, 7) is 0.742. The minimum Gasteiger partial charge on any atom is -0.493 e. The number of aliphatic imine (C=N–C) groups is 1. The van der Waals surface area contributed by atoms with Gasteiger partial charge >= 0.3 is 0 Å². The normalized spacial score (nSPS) is 13.3. The van der Waals surface area contributed by atoms with Gasteiger partial charge in [-0.05, 0) is 48.4 Å². The second-order valence-corrected chi connectivity index (χ2v) is 5.92. The summed E-state index contributed by atoms with van der Waals surface area (Å²) in [6.07, 6.45) is 0.878. The zero-order chi connectivity index (χ0) is 15.5. The first kappa shape index (κ1) is 14.9. The summed E-state index contributed by atoms with van der Waals surface area (Å²) in [5.41, 5.74) is 2.25. The quantitative estimate of drug-likeness (QED) is 0.859. The van der Waals surface area contributed by atoms with Gasteiger partial charge in [-0.15, -0.1) is 0 Å². The number of fused-ring (bicyclic) bond motifs is 1. The number of nitrogens with zero attached hydrogens (tertiary/aromatic N) is 1. The number of halogens is 1. The van der Waals surface area contributed by atoms with Crippen molar-refractivity contribution < 1.29 is 13.9 Å². The lowest BCUT2D eigenvalue weighted by Crippen LogP contribution is -2.11. The van der Waals surface area contributed by atoms with E-state index in [0.717, 1.165) is 34.2 Å². The van der Waals surface area contributed by atoms with Crippen LogP contribution in [0.25, 0.3) is 0 Å². The Morgan fingerprint density at radius 3 is 2.41 bits per heavy atom. The molecule has 2 aromatic rings. The number of hydrogen-bond acceptors (Lipinski definition) is 4. The molecule has 0 unspecified atom stereocenters. The molecule has 1 aliphatic heterocycles. The summed E-state index contributed by atoms with van der Waals surface area (Å²) < 4.78 is 23.7. The van der Waals surface area contributed by atoms with Gasteiger partial charge in [-0.2, -0.15) is 0 Å². The molecule has 1 heterocycles. The molecule has 0 aromatic heterocycles. The van der Waals surface area contributed by atoms with Crippen LogP contribution in [0.4, 0.5) is 4.39 Å². The Balaban J connectivity index is 1.95. The number of rotatable bonds is 3. The van der Waals surface area contributed by atoms with Crippen LogP contribution < -0.4 is 9.47 Å². The van der Waals surface area contributed by atoms with Crippen LogP contribution >= 0.6 is 11.8 Å². The van der Waals surface area contributed by atoms with E-state index in [9.17, 15) is 4.39 Å².